The lowest BCUT2D eigenvalue weighted by atomic mass is 10.0. The summed E-state index contributed by atoms with van der Waals surface area (Å²) in [5.41, 5.74) is 0.0594. The summed E-state index contributed by atoms with van der Waals surface area (Å²) in [6, 6.07) is 0. The number of rotatable bonds is 6. The number of nitrogens with zero attached hydrogens (tertiary/aromatic N) is 1. The Morgan fingerprint density at radius 1 is 1.64 bits per heavy atom. The average Bonchev–Trinajstić information content (AvgIpc) is 2.71. The Hall–Kier alpha value is -0.0600. The van der Waals surface area contributed by atoms with Crippen LogP contribution in [-0.2, 0) is 5.54 Å². The van der Waals surface area contributed by atoms with E-state index in [9.17, 15) is 0 Å². The Balaban J connectivity index is 2.57. The van der Waals surface area contributed by atoms with E-state index in [1.165, 1.54) is 5.01 Å². The first kappa shape index (κ1) is 12.0. The van der Waals surface area contributed by atoms with E-state index >= 15 is 0 Å². The number of nitrogens with one attached hydrogen (secondary N) is 1. The zero-order chi connectivity index (χ0) is 10.4. The van der Waals surface area contributed by atoms with Gasteiger partial charge in [0.05, 0.1) is 5.54 Å². The Morgan fingerprint density at radius 2 is 2.43 bits per heavy atom. The van der Waals surface area contributed by atoms with Crippen LogP contribution in [0.5, 0.6) is 0 Å². The highest BCUT2D eigenvalue weighted by Gasteiger charge is 2.25. The van der Waals surface area contributed by atoms with Crippen LogP contribution in [0.15, 0.2) is 11.6 Å². The fourth-order valence-electron chi connectivity index (χ4n) is 1.28. The van der Waals surface area contributed by atoms with Gasteiger partial charge in [-0.15, -0.1) is 11.3 Å². The molecule has 0 spiro atoms. The van der Waals surface area contributed by atoms with Crippen LogP contribution >= 0.6 is 23.1 Å². The Bertz CT molecular complexity index is 249. The van der Waals surface area contributed by atoms with Crippen LogP contribution in [0.2, 0.25) is 0 Å². The van der Waals surface area contributed by atoms with Gasteiger partial charge in [-0.05, 0) is 19.6 Å². The normalized spacial score (nSPS) is 15.4. The van der Waals surface area contributed by atoms with Crippen molar-refractivity contribution in [3.05, 3.63) is 16.6 Å². The summed E-state index contributed by atoms with van der Waals surface area (Å²) >= 11 is 3.60. The van der Waals surface area contributed by atoms with Gasteiger partial charge in [0.1, 0.15) is 5.01 Å². The van der Waals surface area contributed by atoms with Gasteiger partial charge in [0.2, 0.25) is 0 Å². The van der Waals surface area contributed by atoms with E-state index in [-0.39, 0.29) is 5.54 Å². The lowest BCUT2D eigenvalue weighted by Gasteiger charge is -2.27. The molecule has 1 aromatic rings. The maximum Gasteiger partial charge on any atom is 0.112 e. The summed E-state index contributed by atoms with van der Waals surface area (Å²) in [5.74, 6) is 1.15. The molecule has 4 heteroatoms. The minimum Gasteiger partial charge on any atom is -0.305 e. The molecule has 0 radical (unpaired) electrons. The summed E-state index contributed by atoms with van der Waals surface area (Å²) in [6.07, 6.45) is 5.09. The van der Waals surface area contributed by atoms with Crippen LogP contribution < -0.4 is 5.32 Å². The number of thiazole rings is 1. The van der Waals surface area contributed by atoms with Crippen LogP contribution in [0.4, 0.5) is 0 Å². The molecule has 80 valence electrons. The Kier molecular flexibility index (Phi) is 4.92. The quantitative estimate of drug-likeness (QED) is 0.761. The molecule has 0 aliphatic heterocycles. The van der Waals surface area contributed by atoms with E-state index in [1.54, 1.807) is 11.3 Å². The maximum absolute atomic E-state index is 4.39. The van der Waals surface area contributed by atoms with Crippen LogP contribution in [0.25, 0.3) is 0 Å². The van der Waals surface area contributed by atoms with E-state index in [0.717, 1.165) is 18.7 Å². The predicted molar refractivity (Wildman–Crippen MR) is 66.1 cm³/mol. The maximum atomic E-state index is 4.39. The highest BCUT2D eigenvalue weighted by atomic mass is 32.2. The molecule has 1 rings (SSSR count). The van der Waals surface area contributed by atoms with Crippen molar-refractivity contribution >= 4 is 23.1 Å². The molecule has 1 heterocycles. The van der Waals surface area contributed by atoms with Crippen molar-refractivity contribution in [2.45, 2.75) is 25.8 Å². The third-order valence-electron chi connectivity index (χ3n) is 2.43. The third kappa shape index (κ3) is 2.97. The monoisotopic (exact) mass is 230 g/mol. The van der Waals surface area contributed by atoms with Gasteiger partial charge in [-0.1, -0.05) is 6.92 Å². The molecule has 0 fully saturated rings. The number of thioether (sulfide) groups is 1. The summed E-state index contributed by atoms with van der Waals surface area (Å²) in [7, 11) is 0. The van der Waals surface area contributed by atoms with Crippen molar-refractivity contribution in [2.24, 2.45) is 0 Å². The molecule has 0 aliphatic carbocycles. The van der Waals surface area contributed by atoms with Gasteiger partial charge in [0.25, 0.3) is 0 Å². The fraction of sp³-hybridized carbons (Fsp3) is 0.700. The SMILES string of the molecule is CC[C@](C)(NCCSC)c1nccs1. The molecule has 0 bridgehead atoms. The molecule has 2 nitrogen and oxygen atoms in total. The molecule has 0 aromatic carbocycles. The molecule has 0 aliphatic rings. The highest BCUT2D eigenvalue weighted by molar-refractivity contribution is 7.98. The molecule has 0 amide bonds. The van der Waals surface area contributed by atoms with Crippen molar-refractivity contribution in [1.29, 1.82) is 0 Å². The summed E-state index contributed by atoms with van der Waals surface area (Å²) in [5, 5.41) is 6.81. The summed E-state index contributed by atoms with van der Waals surface area (Å²) in [6.45, 7) is 5.48. The number of aromatic nitrogens is 1. The van der Waals surface area contributed by atoms with E-state index in [4.69, 9.17) is 0 Å². The molecule has 1 atom stereocenters. The van der Waals surface area contributed by atoms with Crippen LogP contribution in [0.1, 0.15) is 25.3 Å². The van der Waals surface area contributed by atoms with Crippen LogP contribution in [0.3, 0.4) is 0 Å². The average molecular weight is 230 g/mol. The smallest absolute Gasteiger partial charge is 0.112 e. The van der Waals surface area contributed by atoms with E-state index in [2.05, 4.69) is 30.4 Å². The van der Waals surface area contributed by atoms with Crippen molar-refractivity contribution in [1.82, 2.24) is 10.3 Å². The molecule has 14 heavy (non-hydrogen) atoms. The second kappa shape index (κ2) is 5.73. The summed E-state index contributed by atoms with van der Waals surface area (Å²) in [4.78, 5) is 4.39. The minimum absolute atomic E-state index is 0.0594. The first-order valence-electron chi connectivity index (χ1n) is 4.87. The van der Waals surface area contributed by atoms with Gasteiger partial charge < -0.3 is 5.32 Å². The van der Waals surface area contributed by atoms with Gasteiger partial charge in [-0.25, -0.2) is 4.98 Å². The largest absolute Gasteiger partial charge is 0.305 e. The minimum atomic E-state index is 0.0594. The molecular formula is C10H18N2S2. The topological polar surface area (TPSA) is 24.9 Å². The second-order valence-electron chi connectivity index (χ2n) is 3.44. The van der Waals surface area contributed by atoms with E-state index in [0.29, 0.717) is 0 Å². The lowest BCUT2D eigenvalue weighted by Crippen LogP contribution is -2.40. The predicted octanol–water partition coefficient (Wildman–Crippen LogP) is 2.72. The Labute approximate surface area is 94.5 Å². The van der Waals surface area contributed by atoms with Crippen molar-refractivity contribution in [3.63, 3.8) is 0 Å². The molecule has 0 unspecified atom stereocenters. The zero-order valence-electron chi connectivity index (χ0n) is 9.04. The van der Waals surface area contributed by atoms with Crippen LogP contribution in [-0.4, -0.2) is 23.5 Å². The van der Waals surface area contributed by atoms with Crippen LogP contribution in [0, 0.1) is 0 Å². The van der Waals surface area contributed by atoms with Crippen molar-refractivity contribution < 1.29 is 0 Å². The third-order valence-corrected chi connectivity index (χ3v) is 4.08. The molecular weight excluding hydrogens is 212 g/mol. The molecule has 1 aromatic heterocycles. The fourth-order valence-corrected chi connectivity index (χ4v) is 2.43. The standard InChI is InChI=1S/C10H18N2S2/c1-4-10(2,12-6-7-13-3)9-11-5-8-14-9/h5,8,12H,4,6-7H2,1-3H3/t10-/m0/s1. The van der Waals surface area contributed by atoms with Gasteiger partial charge in [0, 0.05) is 23.9 Å². The second-order valence-corrected chi connectivity index (χ2v) is 5.32. The van der Waals surface area contributed by atoms with E-state index in [1.807, 2.05) is 23.3 Å². The van der Waals surface area contributed by atoms with Gasteiger partial charge in [-0.2, -0.15) is 11.8 Å². The Morgan fingerprint density at radius 3 is 2.93 bits per heavy atom. The molecule has 0 saturated heterocycles. The zero-order valence-corrected chi connectivity index (χ0v) is 10.7. The molecule has 1 N–H and O–H groups in total. The van der Waals surface area contributed by atoms with Gasteiger partial charge >= 0.3 is 0 Å². The first-order chi connectivity index (χ1) is 6.73. The highest BCUT2D eigenvalue weighted by Crippen LogP contribution is 2.25. The van der Waals surface area contributed by atoms with E-state index < -0.39 is 0 Å². The number of hydrogen-bond donors (Lipinski definition) is 1. The van der Waals surface area contributed by atoms with Crippen molar-refractivity contribution in [3.8, 4) is 0 Å². The molecule has 0 saturated carbocycles. The first-order valence-corrected chi connectivity index (χ1v) is 7.14. The van der Waals surface area contributed by atoms with Gasteiger partial charge in [0.15, 0.2) is 0 Å². The lowest BCUT2D eigenvalue weighted by molar-refractivity contribution is 0.363. The van der Waals surface area contributed by atoms with Gasteiger partial charge in [-0.3, -0.25) is 0 Å². The summed E-state index contributed by atoms with van der Waals surface area (Å²) < 4.78 is 0. The van der Waals surface area contributed by atoms with Crippen molar-refractivity contribution in [2.75, 3.05) is 18.6 Å². The number of hydrogen-bond acceptors (Lipinski definition) is 4.